The predicted octanol–water partition coefficient (Wildman–Crippen LogP) is 2.09. The van der Waals surface area contributed by atoms with Crippen LogP contribution >= 0.6 is 0 Å². The molecule has 7 nitrogen and oxygen atoms in total. The Hall–Kier alpha value is -2.70. The van der Waals surface area contributed by atoms with E-state index >= 15 is 0 Å². The third kappa shape index (κ3) is 2.57. The minimum absolute atomic E-state index is 0.583. The average Bonchev–Trinajstić information content (AvgIpc) is 3.12. The second-order valence-electron chi connectivity index (χ2n) is 5.60. The van der Waals surface area contributed by atoms with Crippen LogP contribution in [0.25, 0.3) is 11.4 Å². The molecule has 0 saturated heterocycles. The van der Waals surface area contributed by atoms with Crippen LogP contribution in [0.15, 0.2) is 30.5 Å². The Balaban J connectivity index is 1.50. The Morgan fingerprint density at radius 3 is 3.05 bits per heavy atom. The van der Waals surface area contributed by atoms with Crippen molar-refractivity contribution in [1.82, 2.24) is 30.2 Å². The Kier molecular flexibility index (Phi) is 3.10. The van der Waals surface area contributed by atoms with E-state index in [1.807, 2.05) is 25.2 Å². The van der Waals surface area contributed by atoms with Gasteiger partial charge in [-0.2, -0.15) is 5.10 Å². The lowest BCUT2D eigenvalue weighted by atomic mass is 10.2. The van der Waals surface area contributed by atoms with E-state index in [4.69, 9.17) is 0 Å². The molecule has 0 spiro atoms. The minimum atomic E-state index is 0.583. The molecule has 2 N–H and O–H groups in total. The van der Waals surface area contributed by atoms with E-state index in [2.05, 4.69) is 36.9 Å². The first kappa shape index (κ1) is 13.0. The Morgan fingerprint density at radius 2 is 2.27 bits per heavy atom. The molecule has 1 saturated carbocycles. The van der Waals surface area contributed by atoms with Crippen molar-refractivity contribution in [3.05, 3.63) is 42.0 Å². The number of hydrogen-bond acceptors (Lipinski definition) is 5. The van der Waals surface area contributed by atoms with Gasteiger partial charge in [0.2, 0.25) is 0 Å². The molecule has 0 radical (unpaired) electrons. The largest absolute Gasteiger partial charge is 0.379 e. The van der Waals surface area contributed by atoms with Gasteiger partial charge >= 0.3 is 0 Å². The molecule has 2 heterocycles. The number of aryl methyl sites for hydroxylation is 1. The number of aromatic amines is 1. The summed E-state index contributed by atoms with van der Waals surface area (Å²) in [4.78, 5) is 4.59. The number of benzene rings is 1. The van der Waals surface area contributed by atoms with Crippen molar-refractivity contribution >= 4 is 5.69 Å². The number of hydrogen-bond donors (Lipinski definition) is 2. The lowest BCUT2D eigenvalue weighted by Crippen LogP contribution is -2.05. The summed E-state index contributed by atoms with van der Waals surface area (Å²) in [5.41, 5.74) is 3.06. The van der Waals surface area contributed by atoms with E-state index in [1.165, 1.54) is 12.8 Å². The van der Waals surface area contributed by atoms with Crippen LogP contribution in [0, 0.1) is 0 Å². The molecule has 0 bridgehead atoms. The summed E-state index contributed by atoms with van der Waals surface area (Å²) in [6, 6.07) is 8.12. The van der Waals surface area contributed by atoms with Crippen molar-refractivity contribution < 1.29 is 0 Å². The zero-order valence-corrected chi connectivity index (χ0v) is 12.3. The standard InChI is InChI=1S/C15H17N7/c1-22-13(9-17-21-22)8-16-12-4-2-3-11(7-12)15-18-14(19-20-15)10-5-6-10/h2-4,7,9-10,16H,5-6,8H2,1H3,(H,18,19,20). The van der Waals surface area contributed by atoms with Crippen LogP contribution < -0.4 is 5.32 Å². The van der Waals surface area contributed by atoms with Crippen LogP contribution in [-0.4, -0.2) is 30.2 Å². The summed E-state index contributed by atoms with van der Waals surface area (Å²) in [6.45, 7) is 0.675. The van der Waals surface area contributed by atoms with E-state index in [9.17, 15) is 0 Å². The lowest BCUT2D eigenvalue weighted by Gasteiger charge is -2.07. The average molecular weight is 295 g/mol. The van der Waals surface area contributed by atoms with Crippen molar-refractivity contribution in [3.63, 3.8) is 0 Å². The third-order valence-corrected chi connectivity index (χ3v) is 3.87. The molecule has 0 unspecified atom stereocenters. The Labute approximate surface area is 127 Å². The maximum Gasteiger partial charge on any atom is 0.181 e. The van der Waals surface area contributed by atoms with Gasteiger partial charge in [-0.15, -0.1) is 5.10 Å². The molecule has 112 valence electrons. The molecule has 3 aromatic rings. The van der Waals surface area contributed by atoms with Crippen molar-refractivity contribution in [2.24, 2.45) is 7.05 Å². The molecule has 2 aromatic heterocycles. The van der Waals surface area contributed by atoms with Crippen LogP contribution in [0.3, 0.4) is 0 Å². The molecule has 1 aliphatic carbocycles. The van der Waals surface area contributed by atoms with Gasteiger partial charge in [-0.1, -0.05) is 17.3 Å². The molecule has 7 heteroatoms. The molecule has 0 atom stereocenters. The molecule has 1 aromatic carbocycles. The summed E-state index contributed by atoms with van der Waals surface area (Å²) in [7, 11) is 1.88. The monoisotopic (exact) mass is 295 g/mol. The lowest BCUT2D eigenvalue weighted by molar-refractivity contribution is 0.683. The van der Waals surface area contributed by atoms with E-state index in [0.717, 1.165) is 28.6 Å². The Bertz CT molecular complexity index is 785. The smallest absolute Gasteiger partial charge is 0.181 e. The van der Waals surface area contributed by atoms with Gasteiger partial charge in [0, 0.05) is 24.2 Å². The number of nitrogens with one attached hydrogen (secondary N) is 2. The molecule has 1 aliphatic rings. The summed E-state index contributed by atoms with van der Waals surface area (Å²) >= 11 is 0. The Morgan fingerprint density at radius 1 is 1.36 bits per heavy atom. The van der Waals surface area contributed by atoms with Crippen LogP contribution in [0.1, 0.15) is 30.3 Å². The fourth-order valence-electron chi connectivity index (χ4n) is 2.37. The zero-order chi connectivity index (χ0) is 14.9. The van der Waals surface area contributed by atoms with Gasteiger partial charge in [0.15, 0.2) is 5.82 Å². The number of aromatic nitrogens is 6. The van der Waals surface area contributed by atoms with Crippen molar-refractivity contribution in [2.45, 2.75) is 25.3 Å². The van der Waals surface area contributed by atoms with E-state index in [0.29, 0.717) is 12.5 Å². The highest BCUT2D eigenvalue weighted by Crippen LogP contribution is 2.38. The maximum atomic E-state index is 4.59. The van der Waals surface area contributed by atoms with E-state index in [-0.39, 0.29) is 0 Å². The van der Waals surface area contributed by atoms with Crippen LogP contribution in [-0.2, 0) is 13.6 Å². The number of H-pyrrole nitrogens is 1. The van der Waals surface area contributed by atoms with Crippen LogP contribution in [0.4, 0.5) is 5.69 Å². The third-order valence-electron chi connectivity index (χ3n) is 3.87. The number of nitrogens with zero attached hydrogens (tertiary/aromatic N) is 5. The highest BCUT2D eigenvalue weighted by Gasteiger charge is 2.27. The molecule has 4 rings (SSSR count). The first-order chi connectivity index (χ1) is 10.8. The van der Waals surface area contributed by atoms with Crippen LogP contribution in [0.2, 0.25) is 0 Å². The summed E-state index contributed by atoms with van der Waals surface area (Å²) in [6.07, 6.45) is 4.19. The number of rotatable bonds is 5. The molecule has 1 fully saturated rings. The van der Waals surface area contributed by atoms with Gasteiger partial charge < -0.3 is 5.32 Å². The highest BCUT2D eigenvalue weighted by molar-refractivity contribution is 5.62. The van der Waals surface area contributed by atoms with Crippen molar-refractivity contribution in [3.8, 4) is 11.4 Å². The van der Waals surface area contributed by atoms with Gasteiger partial charge in [0.25, 0.3) is 0 Å². The summed E-state index contributed by atoms with van der Waals surface area (Å²) in [5.74, 6) is 2.35. The minimum Gasteiger partial charge on any atom is -0.379 e. The fourth-order valence-corrected chi connectivity index (χ4v) is 2.37. The van der Waals surface area contributed by atoms with Gasteiger partial charge in [-0.05, 0) is 25.0 Å². The van der Waals surface area contributed by atoms with Gasteiger partial charge in [0.1, 0.15) is 5.82 Å². The van der Waals surface area contributed by atoms with Crippen molar-refractivity contribution in [2.75, 3.05) is 5.32 Å². The summed E-state index contributed by atoms with van der Waals surface area (Å²) in [5, 5.41) is 18.5. The second kappa shape index (κ2) is 5.25. The first-order valence-electron chi connectivity index (χ1n) is 7.40. The maximum absolute atomic E-state index is 4.59. The molecule has 22 heavy (non-hydrogen) atoms. The van der Waals surface area contributed by atoms with Gasteiger partial charge in [-0.3, -0.25) is 9.78 Å². The number of anilines is 1. The highest BCUT2D eigenvalue weighted by atomic mass is 15.4. The SMILES string of the molecule is Cn1nncc1CNc1cccc(-c2n[nH]c(C3CC3)n2)c1. The van der Waals surface area contributed by atoms with E-state index < -0.39 is 0 Å². The molecular formula is C15H17N7. The fraction of sp³-hybridized carbons (Fsp3) is 0.333. The quantitative estimate of drug-likeness (QED) is 0.753. The van der Waals surface area contributed by atoms with Crippen LogP contribution in [0.5, 0.6) is 0 Å². The molecular weight excluding hydrogens is 278 g/mol. The van der Waals surface area contributed by atoms with Crippen molar-refractivity contribution in [1.29, 1.82) is 0 Å². The second-order valence-corrected chi connectivity index (χ2v) is 5.60. The molecule has 0 aliphatic heterocycles. The van der Waals surface area contributed by atoms with E-state index in [1.54, 1.807) is 10.9 Å². The zero-order valence-electron chi connectivity index (χ0n) is 12.3. The van der Waals surface area contributed by atoms with Gasteiger partial charge in [-0.25, -0.2) is 4.98 Å². The predicted molar refractivity (Wildman–Crippen MR) is 82.1 cm³/mol. The summed E-state index contributed by atoms with van der Waals surface area (Å²) < 4.78 is 1.76. The normalized spacial score (nSPS) is 14.2. The first-order valence-corrected chi connectivity index (χ1v) is 7.40. The topological polar surface area (TPSA) is 84.3 Å². The molecule has 0 amide bonds. The van der Waals surface area contributed by atoms with Gasteiger partial charge in [0.05, 0.1) is 18.4 Å².